The third-order valence-electron chi connectivity index (χ3n) is 5.33. The van der Waals surface area contributed by atoms with Crippen molar-refractivity contribution in [2.45, 2.75) is 26.3 Å². The lowest BCUT2D eigenvalue weighted by molar-refractivity contribution is 0.0997. The van der Waals surface area contributed by atoms with E-state index in [-0.39, 0.29) is 5.69 Å². The highest BCUT2D eigenvalue weighted by Crippen LogP contribution is 2.29. The number of nitrogens with zero attached hydrogens (tertiary/aromatic N) is 4. The number of hydrogen-bond acceptors (Lipinski definition) is 6. The fourth-order valence-electron chi connectivity index (χ4n) is 3.55. The van der Waals surface area contributed by atoms with Gasteiger partial charge in [0.1, 0.15) is 5.52 Å². The maximum absolute atomic E-state index is 12.1. The fourth-order valence-corrected chi connectivity index (χ4v) is 3.55. The first-order valence-electron chi connectivity index (χ1n) is 10.2. The van der Waals surface area contributed by atoms with Crippen LogP contribution in [-0.2, 0) is 6.54 Å². The first-order valence-corrected chi connectivity index (χ1v) is 10.2. The van der Waals surface area contributed by atoms with E-state index in [1.165, 1.54) is 5.56 Å². The Kier molecular flexibility index (Phi) is 5.77. The normalized spacial score (nSPS) is 11.2. The summed E-state index contributed by atoms with van der Waals surface area (Å²) in [7, 11) is 3.19. The van der Waals surface area contributed by atoms with Gasteiger partial charge in [0.15, 0.2) is 28.7 Å². The van der Waals surface area contributed by atoms with Gasteiger partial charge in [-0.05, 0) is 29.2 Å². The van der Waals surface area contributed by atoms with Crippen LogP contribution in [0.25, 0.3) is 22.6 Å². The van der Waals surface area contributed by atoms with Crippen molar-refractivity contribution >= 4 is 17.1 Å². The average molecular weight is 431 g/mol. The lowest BCUT2D eigenvalue weighted by atomic mass is 10.0. The second kappa shape index (κ2) is 8.66. The molecule has 2 aromatic carbocycles. The van der Waals surface area contributed by atoms with Crippen molar-refractivity contribution < 1.29 is 14.3 Å². The quantitative estimate of drug-likeness (QED) is 0.477. The number of fused-ring (bicyclic) bond motifs is 1. The van der Waals surface area contributed by atoms with Crippen LogP contribution < -0.4 is 15.2 Å². The lowest BCUT2D eigenvalue weighted by Crippen LogP contribution is -2.15. The van der Waals surface area contributed by atoms with Crippen LogP contribution in [0.4, 0.5) is 0 Å². The summed E-state index contributed by atoms with van der Waals surface area (Å²) in [5.74, 6) is 1.48. The first kappa shape index (κ1) is 21.3. The Balaban J connectivity index is 1.79. The number of methoxy groups -OCH3 is 2. The molecule has 2 N–H and O–H groups in total. The van der Waals surface area contributed by atoms with E-state index in [0.29, 0.717) is 40.9 Å². The van der Waals surface area contributed by atoms with Crippen LogP contribution in [0, 0.1) is 0 Å². The van der Waals surface area contributed by atoms with Gasteiger partial charge in [0, 0.05) is 5.56 Å². The van der Waals surface area contributed by atoms with Gasteiger partial charge in [0.2, 0.25) is 0 Å². The molecule has 0 fully saturated rings. The van der Waals surface area contributed by atoms with E-state index in [0.717, 1.165) is 11.1 Å². The number of amides is 1. The molecule has 0 aliphatic carbocycles. The van der Waals surface area contributed by atoms with Crippen LogP contribution in [0.2, 0.25) is 0 Å². The van der Waals surface area contributed by atoms with Crippen molar-refractivity contribution in [1.29, 1.82) is 0 Å². The van der Waals surface area contributed by atoms with Gasteiger partial charge in [-0.2, -0.15) is 0 Å². The molecule has 8 heteroatoms. The highest BCUT2D eigenvalue weighted by atomic mass is 16.5. The number of carbonyl (C=O) groups is 1. The third kappa shape index (κ3) is 3.99. The molecule has 164 valence electrons. The molecule has 0 aliphatic heterocycles. The van der Waals surface area contributed by atoms with Gasteiger partial charge in [0.25, 0.3) is 5.91 Å². The number of ether oxygens (including phenoxy) is 2. The van der Waals surface area contributed by atoms with E-state index >= 15 is 0 Å². The summed E-state index contributed by atoms with van der Waals surface area (Å²) < 4.78 is 12.6. The molecular formula is C24H25N5O3. The fraction of sp³-hybridized carbons (Fsp3) is 0.250. The van der Waals surface area contributed by atoms with Crippen LogP contribution in [0.15, 0.2) is 48.8 Å². The van der Waals surface area contributed by atoms with Gasteiger partial charge in [-0.15, -0.1) is 0 Å². The van der Waals surface area contributed by atoms with Crippen LogP contribution in [-0.4, -0.2) is 39.6 Å². The number of aromatic nitrogens is 4. The molecule has 0 radical (unpaired) electrons. The van der Waals surface area contributed by atoms with Gasteiger partial charge in [-0.25, -0.2) is 15.0 Å². The van der Waals surface area contributed by atoms with E-state index in [4.69, 9.17) is 20.2 Å². The van der Waals surface area contributed by atoms with Gasteiger partial charge in [0.05, 0.1) is 27.1 Å². The average Bonchev–Trinajstić information content (AvgIpc) is 3.20. The Morgan fingerprint density at radius 1 is 1.03 bits per heavy atom. The SMILES string of the molecule is COc1ccc(Cn2cnc3c(C(N)=O)nc(-c4ccc(C(C)C)cc4)nc32)cc1OC. The maximum atomic E-state index is 12.1. The molecule has 0 bridgehead atoms. The molecule has 0 atom stereocenters. The smallest absolute Gasteiger partial charge is 0.269 e. The molecule has 4 rings (SSSR count). The van der Waals surface area contributed by atoms with Crippen molar-refractivity contribution in [3.8, 4) is 22.9 Å². The Labute approximate surface area is 186 Å². The van der Waals surface area contributed by atoms with E-state index in [1.54, 1.807) is 20.5 Å². The molecule has 32 heavy (non-hydrogen) atoms. The first-order chi connectivity index (χ1) is 15.4. The topological polar surface area (TPSA) is 105 Å². The monoisotopic (exact) mass is 431 g/mol. The molecule has 2 heterocycles. The van der Waals surface area contributed by atoms with Crippen LogP contribution >= 0.6 is 0 Å². The summed E-state index contributed by atoms with van der Waals surface area (Å²) in [6.45, 7) is 4.74. The van der Waals surface area contributed by atoms with Gasteiger partial charge < -0.3 is 19.8 Å². The van der Waals surface area contributed by atoms with Crippen molar-refractivity contribution in [3.05, 3.63) is 65.6 Å². The minimum Gasteiger partial charge on any atom is -0.493 e. The van der Waals surface area contributed by atoms with Crippen molar-refractivity contribution in [1.82, 2.24) is 19.5 Å². The standard InChI is InChI=1S/C24H25N5O3/c1-14(2)16-6-8-17(9-7-16)23-27-20(22(25)30)21-24(28-23)29(13-26-21)12-15-5-10-18(31-3)19(11-15)32-4/h5-11,13-14H,12H2,1-4H3,(H2,25,30). The molecule has 2 aromatic heterocycles. The molecule has 4 aromatic rings. The minimum atomic E-state index is -0.645. The zero-order valence-corrected chi connectivity index (χ0v) is 18.5. The van der Waals surface area contributed by atoms with Gasteiger partial charge >= 0.3 is 0 Å². The second-order valence-corrected chi connectivity index (χ2v) is 7.77. The van der Waals surface area contributed by atoms with Gasteiger partial charge in [-0.3, -0.25) is 4.79 Å². The number of primary amides is 1. The third-order valence-corrected chi connectivity index (χ3v) is 5.33. The van der Waals surface area contributed by atoms with Gasteiger partial charge in [-0.1, -0.05) is 44.2 Å². The zero-order valence-electron chi connectivity index (χ0n) is 18.5. The number of benzene rings is 2. The highest BCUT2D eigenvalue weighted by Gasteiger charge is 2.18. The molecule has 1 amide bonds. The largest absolute Gasteiger partial charge is 0.493 e. The summed E-state index contributed by atoms with van der Waals surface area (Å²) in [6, 6.07) is 13.7. The Morgan fingerprint density at radius 2 is 1.75 bits per heavy atom. The second-order valence-electron chi connectivity index (χ2n) is 7.77. The summed E-state index contributed by atoms with van der Waals surface area (Å²) in [4.78, 5) is 25.6. The van der Waals surface area contributed by atoms with E-state index in [2.05, 4.69) is 23.8 Å². The molecule has 0 spiro atoms. The van der Waals surface area contributed by atoms with E-state index in [9.17, 15) is 4.79 Å². The summed E-state index contributed by atoms with van der Waals surface area (Å²) in [5.41, 5.74) is 9.60. The number of hydrogen-bond donors (Lipinski definition) is 1. The molecule has 0 saturated carbocycles. The van der Waals surface area contributed by atoms with Crippen molar-refractivity contribution in [2.75, 3.05) is 14.2 Å². The maximum Gasteiger partial charge on any atom is 0.269 e. The number of rotatable bonds is 7. The number of nitrogens with two attached hydrogens (primary N) is 1. The Bertz CT molecular complexity index is 1280. The molecular weight excluding hydrogens is 406 g/mol. The zero-order chi connectivity index (χ0) is 22.8. The number of carbonyl (C=O) groups excluding carboxylic acids is 1. The molecule has 0 saturated heterocycles. The summed E-state index contributed by atoms with van der Waals surface area (Å²) in [5, 5.41) is 0. The minimum absolute atomic E-state index is 0.101. The number of imidazole rings is 1. The van der Waals surface area contributed by atoms with E-state index < -0.39 is 5.91 Å². The van der Waals surface area contributed by atoms with Crippen LogP contribution in [0.5, 0.6) is 11.5 Å². The lowest BCUT2D eigenvalue weighted by Gasteiger charge is -2.11. The predicted octanol–water partition coefficient (Wildman–Crippen LogP) is 3.78. The Morgan fingerprint density at radius 3 is 2.38 bits per heavy atom. The van der Waals surface area contributed by atoms with E-state index in [1.807, 2.05) is 47.0 Å². The highest BCUT2D eigenvalue weighted by molar-refractivity contribution is 6.01. The van der Waals surface area contributed by atoms with Crippen LogP contribution in [0.1, 0.15) is 41.4 Å². The summed E-state index contributed by atoms with van der Waals surface area (Å²) >= 11 is 0. The molecule has 0 aliphatic rings. The van der Waals surface area contributed by atoms with Crippen molar-refractivity contribution in [2.24, 2.45) is 5.73 Å². The van der Waals surface area contributed by atoms with Crippen LogP contribution in [0.3, 0.4) is 0 Å². The predicted molar refractivity (Wildman–Crippen MR) is 122 cm³/mol. The summed E-state index contributed by atoms with van der Waals surface area (Å²) in [6.07, 6.45) is 1.63. The molecule has 8 nitrogen and oxygen atoms in total. The molecule has 0 unspecified atom stereocenters. The van der Waals surface area contributed by atoms with Crippen molar-refractivity contribution in [3.63, 3.8) is 0 Å². The Hall–Kier alpha value is -3.94.